The minimum atomic E-state index is 0.126. The number of thioether (sulfide) groups is 1. The van der Waals surface area contributed by atoms with Crippen molar-refractivity contribution in [3.8, 4) is 0 Å². The van der Waals surface area contributed by atoms with Gasteiger partial charge in [0.15, 0.2) is 0 Å². The van der Waals surface area contributed by atoms with E-state index in [1.54, 1.807) is 0 Å². The van der Waals surface area contributed by atoms with Crippen molar-refractivity contribution in [1.82, 2.24) is 0 Å². The van der Waals surface area contributed by atoms with Crippen LogP contribution in [0.4, 0.5) is 0 Å². The molecule has 0 amide bonds. The summed E-state index contributed by atoms with van der Waals surface area (Å²) in [5.74, 6) is 0. The molecule has 0 atom stereocenters. The second kappa shape index (κ2) is 6.09. The molecule has 0 aromatic rings. The molecule has 0 unspecified atom stereocenters. The van der Waals surface area contributed by atoms with Crippen molar-refractivity contribution >= 4 is 11.8 Å². The van der Waals surface area contributed by atoms with Crippen LogP contribution in [0.25, 0.3) is 0 Å². The molecule has 1 heteroatoms. The molecule has 0 spiro atoms. The van der Waals surface area contributed by atoms with Gasteiger partial charge in [-0.2, -0.15) is 0 Å². The SMILES string of the molecule is C=CC(C)(C)SC(C=CC)=CCC. The van der Waals surface area contributed by atoms with Gasteiger partial charge >= 0.3 is 0 Å². The van der Waals surface area contributed by atoms with Crippen molar-refractivity contribution in [2.45, 2.75) is 38.9 Å². The molecule has 0 rings (SSSR count). The predicted molar refractivity (Wildman–Crippen MR) is 65.1 cm³/mol. The van der Waals surface area contributed by atoms with Crippen LogP contribution in [0.3, 0.4) is 0 Å². The average molecular weight is 196 g/mol. The Morgan fingerprint density at radius 3 is 2.46 bits per heavy atom. The van der Waals surface area contributed by atoms with Crippen LogP contribution in [-0.2, 0) is 0 Å². The summed E-state index contributed by atoms with van der Waals surface area (Å²) in [6.45, 7) is 12.4. The highest BCUT2D eigenvalue weighted by molar-refractivity contribution is 8.04. The molecule has 0 aromatic carbocycles. The summed E-state index contributed by atoms with van der Waals surface area (Å²) in [5, 5.41) is 0. The van der Waals surface area contributed by atoms with Gasteiger partial charge in [-0.15, -0.1) is 18.3 Å². The topological polar surface area (TPSA) is 0 Å². The summed E-state index contributed by atoms with van der Waals surface area (Å²) in [4.78, 5) is 1.33. The molecular formula is C12H20S. The summed E-state index contributed by atoms with van der Waals surface area (Å²) in [6, 6.07) is 0. The minimum Gasteiger partial charge on any atom is -0.116 e. The third kappa shape index (κ3) is 5.75. The highest BCUT2D eigenvalue weighted by atomic mass is 32.2. The van der Waals surface area contributed by atoms with Crippen LogP contribution < -0.4 is 0 Å². The van der Waals surface area contributed by atoms with Gasteiger partial charge in [-0.1, -0.05) is 31.2 Å². The molecule has 0 saturated carbocycles. The van der Waals surface area contributed by atoms with Crippen LogP contribution >= 0.6 is 11.8 Å². The Hall–Kier alpha value is -0.430. The number of rotatable bonds is 5. The van der Waals surface area contributed by atoms with E-state index in [0.717, 1.165) is 6.42 Å². The molecule has 0 fully saturated rings. The monoisotopic (exact) mass is 196 g/mol. The van der Waals surface area contributed by atoms with E-state index in [-0.39, 0.29) is 4.75 Å². The second-order valence-electron chi connectivity index (χ2n) is 3.42. The van der Waals surface area contributed by atoms with Gasteiger partial charge in [0.05, 0.1) is 0 Å². The summed E-state index contributed by atoms with van der Waals surface area (Å²) in [6.07, 6.45) is 9.55. The number of allylic oxidation sites excluding steroid dienone is 3. The first-order valence-electron chi connectivity index (χ1n) is 4.71. The van der Waals surface area contributed by atoms with Gasteiger partial charge < -0.3 is 0 Å². The lowest BCUT2D eigenvalue weighted by molar-refractivity contribution is 0.905. The molecule has 0 aromatic heterocycles. The zero-order valence-corrected chi connectivity index (χ0v) is 9.95. The minimum absolute atomic E-state index is 0.126. The van der Waals surface area contributed by atoms with Gasteiger partial charge in [0.2, 0.25) is 0 Å². The molecule has 0 heterocycles. The quantitative estimate of drug-likeness (QED) is 0.459. The maximum atomic E-state index is 3.83. The number of hydrogen-bond acceptors (Lipinski definition) is 1. The smallest absolute Gasteiger partial charge is 0.0327 e. The molecule has 0 N–H and O–H groups in total. The zero-order chi connectivity index (χ0) is 10.3. The van der Waals surface area contributed by atoms with Crippen LogP contribution in [0.2, 0.25) is 0 Å². The summed E-state index contributed by atoms with van der Waals surface area (Å²) >= 11 is 1.85. The Morgan fingerprint density at radius 2 is 2.08 bits per heavy atom. The fourth-order valence-electron chi connectivity index (χ4n) is 0.855. The predicted octanol–water partition coefficient (Wildman–Crippen LogP) is 4.55. The fourth-order valence-corrected chi connectivity index (χ4v) is 2.00. The molecule has 74 valence electrons. The first-order chi connectivity index (χ1) is 6.05. The third-order valence-corrected chi connectivity index (χ3v) is 2.84. The van der Waals surface area contributed by atoms with E-state index in [1.807, 2.05) is 24.8 Å². The van der Waals surface area contributed by atoms with Crippen LogP contribution in [0.5, 0.6) is 0 Å². The zero-order valence-electron chi connectivity index (χ0n) is 9.13. The average Bonchev–Trinajstić information content (AvgIpc) is 2.05. The van der Waals surface area contributed by atoms with Gasteiger partial charge in [0.25, 0.3) is 0 Å². The van der Waals surface area contributed by atoms with Crippen molar-refractivity contribution in [1.29, 1.82) is 0 Å². The molecule has 0 bridgehead atoms. The summed E-state index contributed by atoms with van der Waals surface area (Å²) in [7, 11) is 0. The van der Waals surface area contributed by atoms with Crippen molar-refractivity contribution in [3.63, 3.8) is 0 Å². The highest BCUT2D eigenvalue weighted by Crippen LogP contribution is 2.33. The van der Waals surface area contributed by atoms with Crippen LogP contribution in [0, 0.1) is 0 Å². The van der Waals surface area contributed by atoms with E-state index >= 15 is 0 Å². The van der Waals surface area contributed by atoms with Crippen molar-refractivity contribution < 1.29 is 0 Å². The molecule has 0 saturated heterocycles. The van der Waals surface area contributed by atoms with E-state index in [0.29, 0.717) is 0 Å². The lowest BCUT2D eigenvalue weighted by Crippen LogP contribution is -2.09. The lowest BCUT2D eigenvalue weighted by Gasteiger charge is -2.19. The standard InChI is InChI=1S/C12H20S/c1-6-9-11(10-7-2)13-12(4,5)8-3/h6,8-10H,3,7H2,1-2,4-5H3. The maximum absolute atomic E-state index is 3.83. The van der Waals surface area contributed by atoms with Gasteiger partial charge in [-0.05, 0) is 27.2 Å². The van der Waals surface area contributed by atoms with Gasteiger partial charge in [0, 0.05) is 9.65 Å². The van der Waals surface area contributed by atoms with E-state index < -0.39 is 0 Å². The molecule has 13 heavy (non-hydrogen) atoms. The largest absolute Gasteiger partial charge is 0.116 e. The van der Waals surface area contributed by atoms with E-state index in [9.17, 15) is 0 Å². The normalized spacial score (nSPS) is 13.7. The van der Waals surface area contributed by atoms with E-state index in [2.05, 4.69) is 45.6 Å². The fraction of sp³-hybridized carbons (Fsp3) is 0.500. The molecule has 0 radical (unpaired) electrons. The van der Waals surface area contributed by atoms with Crippen LogP contribution in [0.15, 0.2) is 35.8 Å². The molecule has 0 aliphatic rings. The highest BCUT2D eigenvalue weighted by Gasteiger charge is 2.14. The Balaban J connectivity index is 4.43. The summed E-state index contributed by atoms with van der Waals surface area (Å²) < 4.78 is 0.126. The van der Waals surface area contributed by atoms with Crippen molar-refractivity contribution in [3.05, 3.63) is 35.8 Å². The Kier molecular flexibility index (Phi) is 5.89. The van der Waals surface area contributed by atoms with E-state index in [4.69, 9.17) is 0 Å². The lowest BCUT2D eigenvalue weighted by atomic mass is 10.2. The van der Waals surface area contributed by atoms with Gasteiger partial charge in [0.1, 0.15) is 0 Å². The third-order valence-electron chi connectivity index (χ3n) is 1.61. The molecule has 0 aliphatic heterocycles. The first kappa shape index (κ1) is 12.6. The molecule has 0 aliphatic carbocycles. The molecular weight excluding hydrogens is 176 g/mol. The van der Waals surface area contributed by atoms with Crippen LogP contribution in [0.1, 0.15) is 34.1 Å². The van der Waals surface area contributed by atoms with Gasteiger partial charge in [-0.25, -0.2) is 0 Å². The summed E-state index contributed by atoms with van der Waals surface area (Å²) in [5.41, 5.74) is 0. The Labute approximate surface area is 86.8 Å². The maximum Gasteiger partial charge on any atom is 0.0327 e. The first-order valence-corrected chi connectivity index (χ1v) is 5.53. The molecule has 0 nitrogen and oxygen atoms in total. The van der Waals surface area contributed by atoms with Gasteiger partial charge in [-0.3, -0.25) is 0 Å². The Bertz CT molecular complexity index is 209. The Morgan fingerprint density at radius 1 is 1.46 bits per heavy atom. The van der Waals surface area contributed by atoms with Crippen molar-refractivity contribution in [2.24, 2.45) is 0 Å². The van der Waals surface area contributed by atoms with E-state index in [1.165, 1.54) is 4.91 Å². The second-order valence-corrected chi connectivity index (χ2v) is 5.15. The number of hydrogen-bond donors (Lipinski definition) is 0. The van der Waals surface area contributed by atoms with Crippen molar-refractivity contribution in [2.75, 3.05) is 0 Å². The van der Waals surface area contributed by atoms with Crippen LogP contribution in [-0.4, -0.2) is 4.75 Å².